The molecular weight excluding hydrogens is 478 g/mol. The number of carbonyl (C=O) groups excluding carboxylic acids is 5. The smallest absolute Gasteiger partial charge is 0.235 e. The molecule has 37 heavy (non-hydrogen) atoms. The second-order valence-corrected chi connectivity index (χ2v) is 10.4. The third kappa shape index (κ3) is 3.39. The second-order valence-electron chi connectivity index (χ2n) is 10.4. The number of aryl methyl sites for hydroxylation is 1. The van der Waals surface area contributed by atoms with Gasteiger partial charge < -0.3 is 15.9 Å². The number of fused-ring (bicyclic) bond motifs is 3. The number of ketones is 4. The Morgan fingerprint density at radius 2 is 1.81 bits per heavy atom. The van der Waals surface area contributed by atoms with Gasteiger partial charge in [-0.25, -0.2) is 0 Å². The van der Waals surface area contributed by atoms with Crippen molar-refractivity contribution < 1.29 is 34.2 Å². The summed E-state index contributed by atoms with van der Waals surface area (Å²) >= 11 is 0. The highest BCUT2D eigenvalue weighted by molar-refractivity contribution is 6.32. The normalized spacial score (nSPS) is 31.1. The van der Waals surface area contributed by atoms with E-state index in [1.54, 1.807) is 26.2 Å². The van der Waals surface area contributed by atoms with Crippen molar-refractivity contribution in [2.24, 2.45) is 29.4 Å². The zero-order valence-electron chi connectivity index (χ0n) is 20.6. The van der Waals surface area contributed by atoms with Crippen LogP contribution in [0.3, 0.4) is 0 Å². The fourth-order valence-corrected chi connectivity index (χ4v) is 6.54. The summed E-state index contributed by atoms with van der Waals surface area (Å²) in [5, 5.41) is 22.3. The van der Waals surface area contributed by atoms with E-state index < -0.39 is 64.4 Å². The summed E-state index contributed by atoms with van der Waals surface area (Å²) in [5.41, 5.74) is 5.06. The van der Waals surface area contributed by atoms with Crippen molar-refractivity contribution in [3.63, 3.8) is 0 Å². The first-order valence-electron chi connectivity index (χ1n) is 12.0. The number of likely N-dealkylation sites (N-methyl/N-ethyl adjacent to an activating group) is 1. The lowest BCUT2D eigenvalue weighted by atomic mass is 9.52. The Morgan fingerprint density at radius 1 is 1.11 bits per heavy atom. The number of phenols is 1. The molecule has 3 aliphatic carbocycles. The minimum absolute atomic E-state index is 0.000236. The van der Waals surface area contributed by atoms with E-state index in [2.05, 4.69) is 4.98 Å². The van der Waals surface area contributed by atoms with Crippen molar-refractivity contribution in [2.75, 3.05) is 14.1 Å². The number of pyridine rings is 1. The molecular formula is C27H27N3O7. The Bertz CT molecular complexity index is 1400. The van der Waals surface area contributed by atoms with E-state index in [9.17, 15) is 34.2 Å². The first kappa shape index (κ1) is 24.9. The number of nitrogens with zero attached hydrogens (tertiary/aromatic N) is 2. The van der Waals surface area contributed by atoms with Crippen molar-refractivity contribution in [1.82, 2.24) is 9.88 Å². The van der Waals surface area contributed by atoms with Crippen LogP contribution < -0.4 is 5.73 Å². The first-order chi connectivity index (χ1) is 17.4. The summed E-state index contributed by atoms with van der Waals surface area (Å²) in [6.07, 6.45) is 0.186. The van der Waals surface area contributed by atoms with Crippen LogP contribution in [0.15, 0.2) is 30.3 Å². The molecule has 1 amide bonds. The zero-order chi connectivity index (χ0) is 27.0. The van der Waals surface area contributed by atoms with Crippen molar-refractivity contribution in [1.29, 1.82) is 0 Å². The summed E-state index contributed by atoms with van der Waals surface area (Å²) in [6, 6.07) is 7.32. The molecule has 1 aromatic heterocycles. The number of benzene rings is 1. The predicted octanol–water partition coefficient (Wildman–Crippen LogP) is 0.237. The zero-order valence-corrected chi connectivity index (χ0v) is 20.6. The van der Waals surface area contributed by atoms with Gasteiger partial charge in [-0.2, -0.15) is 0 Å². The minimum atomic E-state index is -2.73. The Hall–Kier alpha value is -3.76. The maximum atomic E-state index is 13.8. The topological polar surface area (TPSA) is 168 Å². The highest BCUT2D eigenvalue weighted by atomic mass is 16.3. The van der Waals surface area contributed by atoms with E-state index >= 15 is 0 Å². The molecule has 1 aromatic carbocycles. The molecule has 0 radical (unpaired) electrons. The van der Waals surface area contributed by atoms with Crippen LogP contribution in [0.1, 0.15) is 28.0 Å². The molecule has 0 bridgehead atoms. The third-order valence-corrected chi connectivity index (χ3v) is 8.11. The van der Waals surface area contributed by atoms with Gasteiger partial charge in [-0.3, -0.25) is 33.9 Å². The standard InChI is InChI=1S/C27H27N3O7/c1-11-5-4-6-16(29-11)13-7-8-17(31)19-14(13)9-12-10-15-21(30(2)3)23(33)20(26(28)36)25(35)27(15,37)24(34)18(12)22(19)32/h4-8,12,15,18,20-21,31,37H,9-10H2,1-3H3,(H2,28,36)/t12-,15-,18?,20?,21?,27-/m1/s1. The van der Waals surface area contributed by atoms with E-state index in [-0.39, 0.29) is 24.2 Å². The molecule has 1 heterocycles. The lowest BCUT2D eigenvalue weighted by molar-refractivity contribution is -0.181. The molecule has 0 spiro atoms. The van der Waals surface area contributed by atoms with E-state index in [4.69, 9.17) is 5.73 Å². The number of phenolic OH excluding ortho intramolecular Hbond substituents is 1. The molecule has 192 valence electrons. The molecule has 2 aromatic rings. The first-order valence-corrected chi connectivity index (χ1v) is 12.0. The number of Topliss-reactive ketones (excluding diaryl/α,β-unsaturated/α-hetero) is 4. The molecule has 4 N–H and O–H groups in total. The van der Waals surface area contributed by atoms with Crippen LogP contribution in [0, 0.1) is 30.6 Å². The second kappa shape index (κ2) is 8.39. The van der Waals surface area contributed by atoms with Crippen molar-refractivity contribution >= 4 is 29.0 Å². The average Bonchev–Trinajstić information content (AvgIpc) is 2.81. The van der Waals surface area contributed by atoms with Gasteiger partial charge in [0.05, 0.1) is 23.2 Å². The molecule has 5 rings (SSSR count). The monoisotopic (exact) mass is 505 g/mol. The van der Waals surface area contributed by atoms with Gasteiger partial charge in [0.25, 0.3) is 0 Å². The summed E-state index contributed by atoms with van der Waals surface area (Å²) < 4.78 is 0. The van der Waals surface area contributed by atoms with E-state index in [0.717, 1.165) is 5.69 Å². The van der Waals surface area contributed by atoms with Gasteiger partial charge in [0.15, 0.2) is 34.7 Å². The molecule has 6 atom stereocenters. The molecule has 2 fully saturated rings. The van der Waals surface area contributed by atoms with Crippen molar-refractivity contribution in [3.05, 3.63) is 47.2 Å². The lowest BCUT2D eigenvalue weighted by Crippen LogP contribution is -2.74. The maximum absolute atomic E-state index is 13.8. The number of primary amides is 1. The number of amides is 1. The summed E-state index contributed by atoms with van der Waals surface area (Å²) in [5.74, 6) is -10.6. The number of rotatable bonds is 3. The average molecular weight is 506 g/mol. The molecule has 3 aliphatic rings. The molecule has 10 heteroatoms. The van der Waals surface area contributed by atoms with Gasteiger partial charge in [-0.15, -0.1) is 0 Å². The molecule has 2 saturated carbocycles. The maximum Gasteiger partial charge on any atom is 0.235 e. The van der Waals surface area contributed by atoms with Crippen LogP contribution in [0.5, 0.6) is 5.75 Å². The summed E-state index contributed by atoms with van der Waals surface area (Å²) in [6.45, 7) is 1.83. The number of aromatic hydroxyl groups is 1. The number of hydrogen-bond acceptors (Lipinski definition) is 9. The number of carbonyl (C=O) groups is 5. The van der Waals surface area contributed by atoms with Gasteiger partial charge in [-0.05, 0) is 69.6 Å². The number of aliphatic hydroxyl groups is 1. The van der Waals surface area contributed by atoms with Crippen LogP contribution in [0.2, 0.25) is 0 Å². The number of nitrogens with two attached hydrogens (primary N) is 1. The van der Waals surface area contributed by atoms with Crippen molar-refractivity contribution in [2.45, 2.75) is 31.4 Å². The predicted molar refractivity (Wildman–Crippen MR) is 129 cm³/mol. The van der Waals surface area contributed by atoms with Gasteiger partial charge in [-0.1, -0.05) is 6.07 Å². The fraction of sp³-hybridized carbons (Fsp3) is 0.407. The largest absolute Gasteiger partial charge is 0.507 e. The molecule has 10 nitrogen and oxygen atoms in total. The third-order valence-electron chi connectivity index (χ3n) is 8.11. The lowest BCUT2D eigenvalue weighted by Gasteiger charge is -2.52. The highest BCUT2D eigenvalue weighted by Gasteiger charge is 2.69. The quantitative estimate of drug-likeness (QED) is 0.495. The Balaban J connectivity index is 1.67. The van der Waals surface area contributed by atoms with Crippen LogP contribution in [-0.2, 0) is 25.6 Å². The van der Waals surface area contributed by atoms with E-state index in [1.165, 1.54) is 11.0 Å². The fourth-order valence-electron chi connectivity index (χ4n) is 6.54. The number of hydrogen-bond donors (Lipinski definition) is 3. The van der Waals surface area contributed by atoms with Gasteiger partial charge in [0.2, 0.25) is 5.91 Å². The van der Waals surface area contributed by atoms with E-state index in [0.29, 0.717) is 16.8 Å². The molecule has 0 aliphatic heterocycles. The van der Waals surface area contributed by atoms with Crippen LogP contribution >= 0.6 is 0 Å². The van der Waals surface area contributed by atoms with Gasteiger partial charge in [0, 0.05) is 17.2 Å². The molecule has 3 unspecified atom stereocenters. The Morgan fingerprint density at radius 3 is 2.43 bits per heavy atom. The van der Waals surface area contributed by atoms with Crippen LogP contribution in [-0.4, -0.2) is 74.9 Å². The van der Waals surface area contributed by atoms with Gasteiger partial charge >= 0.3 is 0 Å². The Labute approximate surface area is 212 Å². The van der Waals surface area contributed by atoms with E-state index in [1.807, 2.05) is 19.1 Å². The van der Waals surface area contributed by atoms with Crippen molar-refractivity contribution in [3.8, 4) is 17.0 Å². The highest BCUT2D eigenvalue weighted by Crippen LogP contribution is 2.51. The summed E-state index contributed by atoms with van der Waals surface area (Å²) in [4.78, 5) is 72.1. The Kier molecular flexibility index (Phi) is 5.65. The van der Waals surface area contributed by atoms with Gasteiger partial charge in [0.1, 0.15) is 5.75 Å². The number of aromatic nitrogens is 1. The van der Waals surface area contributed by atoms with Crippen LogP contribution in [0.25, 0.3) is 11.3 Å². The summed E-state index contributed by atoms with van der Waals surface area (Å²) in [7, 11) is 3.10. The SMILES string of the molecule is Cc1cccc(-c2ccc(O)c3c2C[C@@H]2C[C@@H]4C(N(C)C)C(=O)C(C(N)=O)C(=O)[C@]4(O)C(=O)C2C3=O)n1. The molecule has 0 saturated heterocycles. The minimum Gasteiger partial charge on any atom is -0.507 e. The van der Waals surface area contributed by atoms with Crippen LogP contribution in [0.4, 0.5) is 0 Å².